The molecule has 2 atom stereocenters. The van der Waals surface area contributed by atoms with Gasteiger partial charge in [0.05, 0.1) is 17.4 Å². The summed E-state index contributed by atoms with van der Waals surface area (Å²) in [5, 5.41) is 7.55. The smallest absolute Gasteiger partial charge is 0.282 e. The van der Waals surface area contributed by atoms with Crippen molar-refractivity contribution >= 4 is 21.6 Å². The maximum Gasteiger partial charge on any atom is 0.282 e. The first-order valence-corrected chi connectivity index (χ1v) is 7.49. The van der Waals surface area contributed by atoms with Crippen LogP contribution < -0.4 is 16.6 Å². The first-order valence-electron chi connectivity index (χ1n) is 6.70. The fourth-order valence-electron chi connectivity index (χ4n) is 2.82. The lowest BCUT2D eigenvalue weighted by Crippen LogP contribution is -2.52. The second-order valence-corrected chi connectivity index (χ2v) is 6.23. The van der Waals surface area contributed by atoms with Gasteiger partial charge in [0.15, 0.2) is 0 Å². The van der Waals surface area contributed by atoms with Crippen molar-refractivity contribution in [3.8, 4) is 0 Å². The number of aromatic nitrogens is 2. The summed E-state index contributed by atoms with van der Waals surface area (Å²) in [5.74, 6) is 0.488. The van der Waals surface area contributed by atoms with Crippen molar-refractivity contribution in [1.82, 2.24) is 9.78 Å². The van der Waals surface area contributed by atoms with E-state index in [4.69, 9.17) is 5.73 Å². The van der Waals surface area contributed by atoms with Crippen LogP contribution in [-0.2, 0) is 7.05 Å². The molecule has 1 aromatic heterocycles. The Bertz CT molecular complexity index is 516. The minimum atomic E-state index is -0.138. The van der Waals surface area contributed by atoms with Gasteiger partial charge in [-0.2, -0.15) is 5.10 Å². The normalized spacial score (nSPS) is 27.3. The number of nitrogens with one attached hydrogen (secondary N) is 1. The number of hydrogen-bond acceptors (Lipinski definition) is 4. The standard InChI is InChI=1S/C13H21BrN4O/c1-9-5-3-4-6-13(9,8-15)17-10-7-16-18(2)12(19)11(10)14/h7,9,17H,3-6,8,15H2,1-2H3. The Labute approximate surface area is 121 Å². The molecule has 0 bridgehead atoms. The van der Waals surface area contributed by atoms with E-state index in [1.165, 1.54) is 23.9 Å². The van der Waals surface area contributed by atoms with Crippen molar-refractivity contribution < 1.29 is 0 Å². The van der Waals surface area contributed by atoms with Crippen molar-refractivity contribution in [3.05, 3.63) is 21.0 Å². The van der Waals surface area contributed by atoms with E-state index >= 15 is 0 Å². The zero-order valence-electron chi connectivity index (χ0n) is 11.4. The third-order valence-corrected chi connectivity index (χ3v) is 5.05. The highest BCUT2D eigenvalue weighted by molar-refractivity contribution is 9.10. The predicted octanol–water partition coefficient (Wildman–Crippen LogP) is 1.86. The third kappa shape index (κ3) is 2.69. The number of rotatable bonds is 3. The average molecular weight is 329 g/mol. The first-order chi connectivity index (χ1) is 9.00. The van der Waals surface area contributed by atoms with Crippen LogP contribution >= 0.6 is 15.9 Å². The third-order valence-electron chi connectivity index (χ3n) is 4.28. The maximum atomic E-state index is 11.9. The molecular weight excluding hydrogens is 308 g/mol. The Kier molecular flexibility index (Phi) is 4.30. The van der Waals surface area contributed by atoms with Crippen LogP contribution in [0, 0.1) is 5.92 Å². The molecule has 5 nitrogen and oxygen atoms in total. The number of hydrogen-bond donors (Lipinski definition) is 2. The van der Waals surface area contributed by atoms with Gasteiger partial charge >= 0.3 is 0 Å². The summed E-state index contributed by atoms with van der Waals surface area (Å²) in [6, 6.07) is 0. The molecule has 2 rings (SSSR count). The van der Waals surface area contributed by atoms with Gasteiger partial charge < -0.3 is 11.1 Å². The van der Waals surface area contributed by atoms with Crippen LogP contribution in [0.25, 0.3) is 0 Å². The highest BCUT2D eigenvalue weighted by atomic mass is 79.9. The fraction of sp³-hybridized carbons (Fsp3) is 0.692. The average Bonchev–Trinajstić information content (AvgIpc) is 2.42. The molecule has 1 fully saturated rings. The van der Waals surface area contributed by atoms with E-state index in [1.54, 1.807) is 13.2 Å². The minimum absolute atomic E-state index is 0.130. The summed E-state index contributed by atoms with van der Waals surface area (Å²) in [6.45, 7) is 2.79. The quantitative estimate of drug-likeness (QED) is 0.888. The summed E-state index contributed by atoms with van der Waals surface area (Å²) in [7, 11) is 1.64. The van der Waals surface area contributed by atoms with Crippen LogP contribution in [0.15, 0.2) is 15.5 Å². The van der Waals surface area contributed by atoms with E-state index in [2.05, 4.69) is 33.3 Å². The van der Waals surface area contributed by atoms with Crippen LogP contribution in [0.4, 0.5) is 5.69 Å². The van der Waals surface area contributed by atoms with Crippen LogP contribution in [0.2, 0.25) is 0 Å². The molecule has 6 heteroatoms. The van der Waals surface area contributed by atoms with Crippen molar-refractivity contribution in [2.45, 2.75) is 38.1 Å². The molecule has 1 aliphatic rings. The van der Waals surface area contributed by atoms with E-state index in [0.29, 0.717) is 16.9 Å². The van der Waals surface area contributed by atoms with Gasteiger partial charge in [-0.25, -0.2) is 4.68 Å². The van der Waals surface area contributed by atoms with Gasteiger partial charge in [-0.3, -0.25) is 4.79 Å². The first kappa shape index (κ1) is 14.5. The summed E-state index contributed by atoms with van der Waals surface area (Å²) in [6.07, 6.45) is 6.31. The Morgan fingerprint density at radius 1 is 1.63 bits per heavy atom. The van der Waals surface area contributed by atoms with E-state index in [-0.39, 0.29) is 11.1 Å². The van der Waals surface area contributed by atoms with Crippen molar-refractivity contribution in [2.24, 2.45) is 18.7 Å². The van der Waals surface area contributed by atoms with Gasteiger partial charge in [0, 0.05) is 13.6 Å². The predicted molar refractivity (Wildman–Crippen MR) is 80.2 cm³/mol. The second kappa shape index (κ2) is 5.63. The monoisotopic (exact) mass is 328 g/mol. The topological polar surface area (TPSA) is 72.9 Å². The van der Waals surface area contributed by atoms with Gasteiger partial charge in [-0.1, -0.05) is 19.8 Å². The lowest BCUT2D eigenvalue weighted by atomic mass is 9.73. The molecule has 106 valence electrons. The minimum Gasteiger partial charge on any atom is -0.376 e. The van der Waals surface area contributed by atoms with Crippen LogP contribution in [0.3, 0.4) is 0 Å². The van der Waals surface area contributed by atoms with E-state index < -0.39 is 0 Å². The molecular formula is C13H21BrN4O. The molecule has 0 saturated heterocycles. The van der Waals surface area contributed by atoms with Gasteiger partial charge in [-0.05, 0) is 34.7 Å². The number of halogens is 1. The molecule has 2 unspecified atom stereocenters. The van der Waals surface area contributed by atoms with Crippen molar-refractivity contribution in [2.75, 3.05) is 11.9 Å². The number of nitrogens with zero attached hydrogens (tertiary/aromatic N) is 2. The highest BCUT2D eigenvalue weighted by Gasteiger charge is 2.37. The van der Waals surface area contributed by atoms with Gasteiger partial charge in [0.1, 0.15) is 4.47 Å². The molecule has 0 radical (unpaired) electrons. The van der Waals surface area contributed by atoms with Crippen LogP contribution in [0.5, 0.6) is 0 Å². The molecule has 0 aromatic carbocycles. The molecule has 0 spiro atoms. The Morgan fingerprint density at radius 3 is 3.00 bits per heavy atom. The lowest BCUT2D eigenvalue weighted by Gasteiger charge is -2.43. The highest BCUT2D eigenvalue weighted by Crippen LogP contribution is 2.36. The van der Waals surface area contributed by atoms with Gasteiger partial charge in [0.2, 0.25) is 0 Å². The summed E-state index contributed by atoms with van der Waals surface area (Å²) in [5.41, 5.74) is 6.48. The second-order valence-electron chi connectivity index (χ2n) is 5.43. The van der Waals surface area contributed by atoms with Crippen LogP contribution in [-0.4, -0.2) is 21.9 Å². The Hall–Kier alpha value is -0.880. The molecule has 0 amide bonds. The number of aryl methyl sites for hydroxylation is 1. The van der Waals surface area contributed by atoms with Crippen molar-refractivity contribution in [1.29, 1.82) is 0 Å². The Morgan fingerprint density at radius 2 is 2.37 bits per heavy atom. The van der Waals surface area contributed by atoms with E-state index in [1.807, 2.05) is 0 Å². The molecule has 1 heterocycles. The zero-order chi connectivity index (χ0) is 14.0. The zero-order valence-corrected chi connectivity index (χ0v) is 13.0. The SMILES string of the molecule is CC1CCCCC1(CN)Nc1cnn(C)c(=O)c1Br. The van der Waals surface area contributed by atoms with E-state index in [9.17, 15) is 4.79 Å². The molecule has 19 heavy (non-hydrogen) atoms. The molecule has 1 aromatic rings. The molecule has 0 aliphatic heterocycles. The summed E-state index contributed by atoms with van der Waals surface area (Å²) >= 11 is 3.35. The maximum absolute atomic E-state index is 11.9. The van der Waals surface area contributed by atoms with Crippen LogP contribution in [0.1, 0.15) is 32.6 Å². The van der Waals surface area contributed by atoms with E-state index in [0.717, 1.165) is 12.1 Å². The van der Waals surface area contributed by atoms with Gasteiger partial charge in [-0.15, -0.1) is 0 Å². The van der Waals surface area contributed by atoms with Crippen molar-refractivity contribution in [3.63, 3.8) is 0 Å². The number of nitrogens with two attached hydrogens (primary N) is 1. The number of anilines is 1. The lowest BCUT2D eigenvalue weighted by molar-refractivity contribution is 0.235. The fourth-order valence-corrected chi connectivity index (χ4v) is 3.28. The largest absolute Gasteiger partial charge is 0.376 e. The summed E-state index contributed by atoms with van der Waals surface area (Å²) < 4.78 is 1.84. The molecule has 1 aliphatic carbocycles. The molecule has 3 N–H and O–H groups in total. The van der Waals surface area contributed by atoms with Gasteiger partial charge in [0.25, 0.3) is 5.56 Å². The molecule has 1 saturated carbocycles. The summed E-state index contributed by atoms with van der Waals surface area (Å²) in [4.78, 5) is 11.9. The Balaban J connectivity index is 2.33.